The molecule has 4 N–H and O–H groups in total. The van der Waals surface area contributed by atoms with Crippen molar-refractivity contribution in [1.82, 2.24) is 0 Å². The lowest BCUT2D eigenvalue weighted by atomic mass is 9.71. The maximum Gasteiger partial charge on any atom is 0.255 e. The number of aliphatic hydroxyl groups is 3. The van der Waals surface area contributed by atoms with Crippen molar-refractivity contribution in [3.8, 4) is 0 Å². The average Bonchev–Trinajstić information content (AvgIpc) is 2.98. The first kappa shape index (κ1) is 25.9. The van der Waals surface area contributed by atoms with Gasteiger partial charge in [0.15, 0.2) is 27.3 Å². The number of carbonyl (C=O) groups is 1. The summed E-state index contributed by atoms with van der Waals surface area (Å²) in [7, 11) is -4.09. The molecular formula is C23H23ClF3NO6S. The summed E-state index contributed by atoms with van der Waals surface area (Å²) in [6.45, 7) is -0.647. The van der Waals surface area contributed by atoms with Gasteiger partial charge in [0.25, 0.3) is 5.91 Å². The summed E-state index contributed by atoms with van der Waals surface area (Å²) < 4.78 is 67.1. The molecule has 2 fully saturated rings. The summed E-state index contributed by atoms with van der Waals surface area (Å²) in [5.41, 5.74) is -2.10. The third-order valence-corrected chi connectivity index (χ3v) is 9.81. The third kappa shape index (κ3) is 4.44. The number of nitrogens with one attached hydrogen (secondary N) is 1. The van der Waals surface area contributed by atoms with Crippen LogP contribution in [-0.2, 0) is 9.84 Å². The molecule has 0 aliphatic heterocycles. The second-order valence-corrected chi connectivity index (χ2v) is 11.7. The lowest BCUT2D eigenvalue weighted by molar-refractivity contribution is -0.154. The van der Waals surface area contributed by atoms with E-state index >= 15 is 0 Å². The fourth-order valence-corrected chi connectivity index (χ4v) is 7.76. The largest absolute Gasteiger partial charge is 0.394 e. The van der Waals surface area contributed by atoms with E-state index in [0.717, 1.165) is 6.07 Å². The van der Waals surface area contributed by atoms with Crippen LogP contribution in [0.25, 0.3) is 0 Å². The van der Waals surface area contributed by atoms with Crippen molar-refractivity contribution in [3.05, 3.63) is 58.4 Å². The van der Waals surface area contributed by atoms with Crippen LogP contribution in [0, 0.1) is 29.3 Å². The zero-order chi connectivity index (χ0) is 25.7. The Labute approximate surface area is 204 Å². The van der Waals surface area contributed by atoms with Gasteiger partial charge in [0, 0.05) is 23.4 Å². The molecule has 2 aliphatic carbocycles. The summed E-state index contributed by atoms with van der Waals surface area (Å²) in [6, 6.07) is 4.66. The minimum absolute atomic E-state index is 0.0350. The normalized spacial score (nSPS) is 27.0. The molecule has 0 saturated heterocycles. The van der Waals surface area contributed by atoms with E-state index in [0.29, 0.717) is 25.0 Å². The standard InChI is InChI=1S/C23H23ClF3NO6S/c24-16-4-1-11(22(31)28-14-8-17(25)21(27)18(26)9-14)5-19(16)35(33,34)15-6-12-2-3-13(7-15)23(12,32)20(30)10-29/h1,4-5,8-9,12-13,15,20,29-30,32H,2-3,6-7,10H2,(H,28,31)/t12-,13?,15?,20?,23?/m0/s1. The summed E-state index contributed by atoms with van der Waals surface area (Å²) in [4.78, 5) is 12.3. The Morgan fingerprint density at radius 3 is 2.23 bits per heavy atom. The van der Waals surface area contributed by atoms with Crippen molar-refractivity contribution in [1.29, 1.82) is 0 Å². The van der Waals surface area contributed by atoms with Gasteiger partial charge in [-0.1, -0.05) is 11.6 Å². The molecule has 4 rings (SSSR count). The number of anilines is 1. The number of halogens is 4. The molecule has 2 aliphatic rings. The van der Waals surface area contributed by atoms with E-state index in [9.17, 15) is 41.7 Å². The minimum Gasteiger partial charge on any atom is -0.394 e. The molecule has 2 aromatic rings. The van der Waals surface area contributed by atoms with Gasteiger partial charge in [-0.25, -0.2) is 21.6 Å². The van der Waals surface area contributed by atoms with Crippen LogP contribution in [0.2, 0.25) is 5.02 Å². The highest BCUT2D eigenvalue weighted by Gasteiger charge is 2.58. The van der Waals surface area contributed by atoms with Crippen LogP contribution in [0.1, 0.15) is 36.0 Å². The van der Waals surface area contributed by atoms with Gasteiger partial charge in [-0.05, 0) is 55.7 Å². The van der Waals surface area contributed by atoms with Crippen molar-refractivity contribution in [2.75, 3.05) is 11.9 Å². The quantitative estimate of drug-likeness (QED) is 0.423. The number of amides is 1. The van der Waals surface area contributed by atoms with Crippen molar-refractivity contribution in [2.24, 2.45) is 11.8 Å². The molecule has 190 valence electrons. The SMILES string of the molecule is O=C(Nc1cc(F)c(F)c(F)c1)c1ccc(Cl)c(S(=O)(=O)C2CC3CC[C@@H](C2)C3(O)C(O)CO)c1. The zero-order valence-corrected chi connectivity index (χ0v) is 19.8. The van der Waals surface area contributed by atoms with Gasteiger partial charge < -0.3 is 20.6 Å². The van der Waals surface area contributed by atoms with E-state index in [4.69, 9.17) is 11.6 Å². The molecule has 5 atom stereocenters. The molecule has 0 heterocycles. The van der Waals surface area contributed by atoms with E-state index in [2.05, 4.69) is 5.32 Å². The Morgan fingerprint density at radius 2 is 1.69 bits per heavy atom. The minimum atomic E-state index is -4.09. The molecule has 0 aromatic heterocycles. The Balaban J connectivity index is 1.60. The van der Waals surface area contributed by atoms with Crippen molar-refractivity contribution in [3.63, 3.8) is 0 Å². The lowest BCUT2D eigenvalue weighted by Gasteiger charge is -2.44. The lowest BCUT2D eigenvalue weighted by Crippen LogP contribution is -2.56. The number of fused-ring (bicyclic) bond motifs is 2. The maximum absolute atomic E-state index is 13.5. The van der Waals surface area contributed by atoms with E-state index in [-0.39, 0.29) is 34.0 Å². The summed E-state index contributed by atoms with van der Waals surface area (Å²) in [5.74, 6) is -6.68. The van der Waals surface area contributed by atoms with Crippen molar-refractivity contribution in [2.45, 2.75) is 47.5 Å². The van der Waals surface area contributed by atoms with Crippen molar-refractivity contribution < 1.29 is 41.7 Å². The van der Waals surface area contributed by atoms with Gasteiger partial charge in [0.1, 0.15) is 6.10 Å². The first-order valence-corrected chi connectivity index (χ1v) is 12.8. The van der Waals surface area contributed by atoms with E-state index < -0.39 is 68.6 Å². The predicted molar refractivity (Wildman–Crippen MR) is 120 cm³/mol. The average molecular weight is 534 g/mol. The van der Waals surface area contributed by atoms with Gasteiger partial charge >= 0.3 is 0 Å². The van der Waals surface area contributed by atoms with Crippen LogP contribution in [0.5, 0.6) is 0 Å². The fourth-order valence-electron chi connectivity index (χ4n) is 5.36. The molecule has 0 spiro atoms. The molecule has 1 amide bonds. The highest BCUT2D eigenvalue weighted by atomic mass is 35.5. The smallest absolute Gasteiger partial charge is 0.255 e. The Hall–Kier alpha value is -2.18. The summed E-state index contributed by atoms with van der Waals surface area (Å²) >= 11 is 6.17. The van der Waals surface area contributed by atoms with E-state index in [1.807, 2.05) is 0 Å². The summed E-state index contributed by atoms with van der Waals surface area (Å²) in [5, 5.41) is 31.6. The molecule has 35 heavy (non-hydrogen) atoms. The fraction of sp³-hybridized carbons (Fsp3) is 0.435. The molecule has 2 bridgehead atoms. The first-order chi connectivity index (χ1) is 16.4. The second kappa shape index (κ2) is 9.36. The second-order valence-electron chi connectivity index (χ2n) is 9.05. The number of sulfone groups is 1. The van der Waals surface area contributed by atoms with Gasteiger partial charge in [0.2, 0.25) is 0 Å². The Kier molecular flexibility index (Phi) is 6.93. The molecule has 7 nitrogen and oxygen atoms in total. The third-order valence-electron chi connectivity index (χ3n) is 7.15. The van der Waals surface area contributed by atoms with Crippen LogP contribution >= 0.6 is 11.6 Å². The van der Waals surface area contributed by atoms with E-state index in [1.165, 1.54) is 12.1 Å². The first-order valence-electron chi connectivity index (χ1n) is 10.9. The Bertz CT molecular complexity index is 1240. The monoisotopic (exact) mass is 533 g/mol. The highest BCUT2D eigenvalue weighted by Crippen LogP contribution is 2.53. The number of aliphatic hydroxyl groups excluding tert-OH is 2. The number of rotatable bonds is 6. The number of hydrogen-bond acceptors (Lipinski definition) is 6. The van der Waals surface area contributed by atoms with Crippen LogP contribution in [-0.4, -0.2) is 53.2 Å². The molecule has 2 saturated carbocycles. The van der Waals surface area contributed by atoms with Gasteiger partial charge in [0.05, 0.1) is 27.4 Å². The molecule has 12 heteroatoms. The van der Waals surface area contributed by atoms with Gasteiger partial charge in [-0.2, -0.15) is 0 Å². The predicted octanol–water partition coefficient (Wildman–Crippen LogP) is 3.06. The van der Waals surface area contributed by atoms with Crippen LogP contribution < -0.4 is 5.32 Å². The topological polar surface area (TPSA) is 124 Å². The number of hydrogen-bond donors (Lipinski definition) is 4. The van der Waals surface area contributed by atoms with Gasteiger partial charge in [-0.15, -0.1) is 0 Å². The summed E-state index contributed by atoms with van der Waals surface area (Å²) in [6.07, 6.45) is -0.336. The number of benzene rings is 2. The number of carbonyl (C=O) groups excluding carboxylic acids is 1. The molecule has 0 radical (unpaired) electrons. The van der Waals surface area contributed by atoms with Crippen LogP contribution in [0.4, 0.5) is 18.9 Å². The van der Waals surface area contributed by atoms with Crippen LogP contribution in [0.3, 0.4) is 0 Å². The molecule has 4 unspecified atom stereocenters. The van der Waals surface area contributed by atoms with Crippen LogP contribution in [0.15, 0.2) is 35.2 Å². The van der Waals surface area contributed by atoms with Crippen molar-refractivity contribution >= 4 is 33.0 Å². The molecular weight excluding hydrogens is 511 g/mol. The van der Waals surface area contributed by atoms with E-state index in [1.54, 1.807) is 0 Å². The Morgan fingerprint density at radius 1 is 1.11 bits per heavy atom. The maximum atomic E-state index is 13.5. The highest BCUT2D eigenvalue weighted by molar-refractivity contribution is 7.92. The molecule has 2 aromatic carbocycles. The zero-order valence-electron chi connectivity index (χ0n) is 18.2. The van der Waals surface area contributed by atoms with Gasteiger partial charge in [-0.3, -0.25) is 4.79 Å².